The molecule has 1 fully saturated rings. The maximum absolute atomic E-state index is 9.33. The second-order valence-electron chi connectivity index (χ2n) is 3.18. The van der Waals surface area contributed by atoms with E-state index in [4.69, 9.17) is 9.47 Å². The Morgan fingerprint density at radius 1 is 1.57 bits per heavy atom. The number of rotatable bonds is 3. The lowest BCUT2D eigenvalue weighted by molar-refractivity contribution is -0.143. The van der Waals surface area contributed by atoms with Crippen LogP contribution in [0.5, 0.6) is 0 Å². The van der Waals surface area contributed by atoms with Gasteiger partial charge >= 0.3 is 0 Å². The van der Waals surface area contributed by atoms with Gasteiger partial charge in [0.1, 0.15) is 0 Å². The molecule has 0 amide bonds. The van der Waals surface area contributed by atoms with Gasteiger partial charge in [-0.1, -0.05) is 6.58 Å². The Labute approximate surface area is 85.7 Å². The Hall–Kier alpha value is -0.820. The van der Waals surface area contributed by atoms with Crippen molar-refractivity contribution in [3.63, 3.8) is 0 Å². The van der Waals surface area contributed by atoms with Crippen molar-refractivity contribution < 1.29 is 14.6 Å². The van der Waals surface area contributed by atoms with E-state index in [2.05, 4.69) is 19.4 Å². The molecule has 1 N–H and O–H groups in total. The molecule has 0 spiro atoms. The zero-order valence-corrected chi connectivity index (χ0v) is 8.77. The van der Waals surface area contributed by atoms with Gasteiger partial charge in [0.05, 0.1) is 12.2 Å². The van der Waals surface area contributed by atoms with Crippen LogP contribution in [-0.4, -0.2) is 30.7 Å². The molecule has 3 nitrogen and oxygen atoms in total. The molecule has 0 aromatic rings. The molecule has 0 unspecified atom stereocenters. The summed E-state index contributed by atoms with van der Waals surface area (Å²) in [5, 5.41) is 9.33. The monoisotopic (exact) mass is 198 g/mol. The Morgan fingerprint density at radius 2 is 2.14 bits per heavy atom. The van der Waals surface area contributed by atoms with Crippen molar-refractivity contribution in [1.29, 1.82) is 0 Å². The maximum Gasteiger partial charge on any atom is 0.154 e. The van der Waals surface area contributed by atoms with E-state index in [9.17, 15) is 5.11 Å². The van der Waals surface area contributed by atoms with Crippen molar-refractivity contribution in [2.24, 2.45) is 0 Å². The zero-order valence-electron chi connectivity index (χ0n) is 8.77. The summed E-state index contributed by atoms with van der Waals surface area (Å²) < 4.78 is 10.4. The molecule has 0 bridgehead atoms. The van der Waals surface area contributed by atoms with Crippen molar-refractivity contribution in [3.8, 4) is 12.8 Å². The van der Waals surface area contributed by atoms with Crippen LogP contribution in [0.2, 0.25) is 0 Å². The molecule has 0 saturated heterocycles. The fourth-order valence-electron chi connectivity index (χ4n) is 1.36. The molecule has 1 aliphatic carbocycles. The van der Waals surface area contributed by atoms with Crippen molar-refractivity contribution in [2.45, 2.75) is 38.3 Å². The van der Waals surface area contributed by atoms with Crippen LogP contribution >= 0.6 is 0 Å². The van der Waals surface area contributed by atoms with E-state index in [0.29, 0.717) is 6.42 Å². The van der Waals surface area contributed by atoms with Gasteiger partial charge < -0.3 is 14.6 Å². The van der Waals surface area contributed by atoms with Gasteiger partial charge in [0.2, 0.25) is 0 Å². The Kier molecular flexibility index (Phi) is 6.22. The standard InChI is InChI=1S/C9H16O3.C2H2/c1-6-4-8(5-9(6)10)12-7(2)11-3;1-2/h7-10H,1,4-5H2,2-3H3;1-2H/t7-,8-,9-;/m1./s1. The van der Waals surface area contributed by atoms with Gasteiger partial charge in [0.25, 0.3) is 0 Å². The molecule has 0 heterocycles. The highest BCUT2D eigenvalue weighted by atomic mass is 16.7. The first kappa shape index (κ1) is 13.2. The van der Waals surface area contributed by atoms with E-state index in [1.54, 1.807) is 7.11 Å². The van der Waals surface area contributed by atoms with Crippen LogP contribution in [0.25, 0.3) is 0 Å². The highest BCUT2D eigenvalue weighted by Gasteiger charge is 2.27. The van der Waals surface area contributed by atoms with Crippen molar-refractivity contribution in [2.75, 3.05) is 7.11 Å². The largest absolute Gasteiger partial charge is 0.389 e. The smallest absolute Gasteiger partial charge is 0.154 e. The summed E-state index contributed by atoms with van der Waals surface area (Å²) in [6.07, 6.45) is 8.87. The number of methoxy groups -OCH3 is 1. The number of aliphatic hydroxyl groups excluding tert-OH is 1. The molecule has 0 aromatic carbocycles. The normalized spacial score (nSPS) is 27.9. The summed E-state index contributed by atoms with van der Waals surface area (Å²) in [6.45, 7) is 5.59. The molecular formula is C11H18O3. The quantitative estimate of drug-likeness (QED) is 0.422. The fourth-order valence-corrected chi connectivity index (χ4v) is 1.36. The zero-order chi connectivity index (χ0) is 11.1. The van der Waals surface area contributed by atoms with Gasteiger partial charge in [0.15, 0.2) is 6.29 Å². The molecule has 3 atom stereocenters. The van der Waals surface area contributed by atoms with E-state index in [1.165, 1.54) is 0 Å². The van der Waals surface area contributed by atoms with E-state index in [0.717, 1.165) is 12.0 Å². The molecule has 1 aliphatic rings. The van der Waals surface area contributed by atoms with Crippen molar-refractivity contribution >= 4 is 0 Å². The molecular weight excluding hydrogens is 180 g/mol. The summed E-state index contributed by atoms with van der Waals surface area (Å²) in [6, 6.07) is 0. The Balaban J connectivity index is 0.000000791. The summed E-state index contributed by atoms with van der Waals surface area (Å²) in [7, 11) is 1.60. The molecule has 1 saturated carbocycles. The van der Waals surface area contributed by atoms with Gasteiger partial charge in [-0.05, 0) is 18.9 Å². The van der Waals surface area contributed by atoms with Gasteiger partial charge in [-0.25, -0.2) is 0 Å². The van der Waals surface area contributed by atoms with Gasteiger partial charge in [-0.2, -0.15) is 0 Å². The maximum atomic E-state index is 9.33. The topological polar surface area (TPSA) is 38.7 Å². The van der Waals surface area contributed by atoms with Crippen LogP contribution in [0.3, 0.4) is 0 Å². The summed E-state index contributed by atoms with van der Waals surface area (Å²) in [5.41, 5.74) is 0.864. The SMILES string of the molecule is C#C.C=C1C[C@@H](O[C@H](C)OC)C[C@H]1O. The lowest BCUT2D eigenvalue weighted by atomic mass is 10.2. The minimum absolute atomic E-state index is 0.0717. The second kappa shape index (κ2) is 6.61. The number of hydrogen-bond acceptors (Lipinski definition) is 3. The van der Waals surface area contributed by atoms with Gasteiger partial charge in [0, 0.05) is 13.5 Å². The first-order valence-corrected chi connectivity index (χ1v) is 4.50. The van der Waals surface area contributed by atoms with Crippen LogP contribution in [0, 0.1) is 12.8 Å². The van der Waals surface area contributed by atoms with E-state index < -0.39 is 0 Å². The predicted molar refractivity (Wildman–Crippen MR) is 55.6 cm³/mol. The van der Waals surface area contributed by atoms with Crippen LogP contribution < -0.4 is 0 Å². The summed E-state index contributed by atoms with van der Waals surface area (Å²) >= 11 is 0. The highest BCUT2D eigenvalue weighted by molar-refractivity contribution is 5.10. The number of hydrogen-bond donors (Lipinski definition) is 1. The molecule has 1 rings (SSSR count). The first-order chi connectivity index (χ1) is 6.63. The lowest BCUT2D eigenvalue weighted by Gasteiger charge is -2.16. The predicted octanol–water partition coefficient (Wildman–Crippen LogP) is 1.32. The molecule has 0 radical (unpaired) electrons. The average Bonchev–Trinajstić information content (AvgIpc) is 2.49. The van der Waals surface area contributed by atoms with Crippen LogP contribution in [-0.2, 0) is 9.47 Å². The van der Waals surface area contributed by atoms with E-state index >= 15 is 0 Å². The third-order valence-corrected chi connectivity index (χ3v) is 2.16. The molecule has 3 heteroatoms. The summed E-state index contributed by atoms with van der Waals surface area (Å²) in [5.74, 6) is 0. The highest BCUT2D eigenvalue weighted by Crippen LogP contribution is 2.26. The molecule has 14 heavy (non-hydrogen) atoms. The van der Waals surface area contributed by atoms with Crippen LogP contribution in [0.15, 0.2) is 12.2 Å². The van der Waals surface area contributed by atoms with E-state index in [1.807, 2.05) is 6.92 Å². The number of ether oxygens (including phenoxy) is 2. The third-order valence-electron chi connectivity index (χ3n) is 2.16. The second-order valence-corrected chi connectivity index (χ2v) is 3.18. The average molecular weight is 198 g/mol. The molecule has 0 aliphatic heterocycles. The van der Waals surface area contributed by atoms with Crippen molar-refractivity contribution in [1.82, 2.24) is 0 Å². The summed E-state index contributed by atoms with van der Waals surface area (Å²) in [4.78, 5) is 0. The molecule has 80 valence electrons. The minimum atomic E-state index is -0.390. The fraction of sp³-hybridized carbons (Fsp3) is 0.636. The molecule has 0 aromatic heterocycles. The number of aliphatic hydroxyl groups is 1. The first-order valence-electron chi connectivity index (χ1n) is 4.50. The third kappa shape index (κ3) is 3.93. The van der Waals surface area contributed by atoms with Crippen LogP contribution in [0.1, 0.15) is 19.8 Å². The number of terminal acetylenes is 1. The Morgan fingerprint density at radius 3 is 2.50 bits per heavy atom. The minimum Gasteiger partial charge on any atom is -0.389 e. The van der Waals surface area contributed by atoms with Crippen LogP contribution in [0.4, 0.5) is 0 Å². The lowest BCUT2D eigenvalue weighted by Crippen LogP contribution is -2.19. The van der Waals surface area contributed by atoms with Gasteiger partial charge in [-0.3, -0.25) is 0 Å². The van der Waals surface area contributed by atoms with Crippen molar-refractivity contribution in [3.05, 3.63) is 12.2 Å². The van der Waals surface area contributed by atoms with Gasteiger partial charge in [-0.15, -0.1) is 12.8 Å². The van der Waals surface area contributed by atoms with E-state index in [-0.39, 0.29) is 18.5 Å². The Bertz CT molecular complexity index is 198.